The van der Waals surface area contributed by atoms with Crippen LogP contribution in [0, 0.1) is 0 Å². The lowest BCUT2D eigenvalue weighted by atomic mass is 9.97. The smallest absolute Gasteiger partial charge is 0.303 e. The fourth-order valence-electron chi connectivity index (χ4n) is 5.13. The lowest BCUT2D eigenvalue weighted by molar-refractivity contribution is -0.371. The minimum atomic E-state index is -1.74. The molecule has 2 rings (SSSR count). The Bertz CT molecular complexity index is 854. The van der Waals surface area contributed by atoms with Gasteiger partial charge in [0.2, 0.25) is 0 Å². The maximum atomic E-state index is 11.3. The van der Waals surface area contributed by atoms with Gasteiger partial charge in [-0.1, -0.05) is 37.8 Å². The number of carbonyl (C=O) groups excluding carboxylic acids is 1. The number of unbranched alkanes of at least 4 members (excludes halogenated alkanes) is 7. The van der Waals surface area contributed by atoms with Crippen molar-refractivity contribution in [1.29, 1.82) is 0 Å². The van der Waals surface area contributed by atoms with Crippen molar-refractivity contribution >= 4 is 11.9 Å². The molecule has 11 atom stereocenters. The summed E-state index contributed by atoms with van der Waals surface area (Å²) in [4.78, 5) is 21.8. The van der Waals surface area contributed by atoms with Crippen LogP contribution in [0.5, 0.6) is 0 Å². The molecule has 0 aromatic rings. The van der Waals surface area contributed by atoms with Crippen LogP contribution in [0.25, 0.3) is 0 Å². The number of allylic oxidation sites excluding steroid dienone is 2. The van der Waals surface area contributed by atoms with Gasteiger partial charge in [-0.2, -0.15) is 0 Å². The normalized spacial score (nSPS) is 33.4. The minimum absolute atomic E-state index is 0.232. The zero-order chi connectivity index (χ0) is 32.6. The van der Waals surface area contributed by atoms with Gasteiger partial charge in [-0.15, -0.1) is 0 Å². The fraction of sp³-hybridized carbons (Fsp3) is 0.867. The maximum Gasteiger partial charge on any atom is 0.303 e. The number of hydrogen-bond acceptors (Lipinski definition) is 13. The van der Waals surface area contributed by atoms with Crippen molar-refractivity contribution in [3.63, 3.8) is 0 Å². The predicted molar refractivity (Wildman–Crippen MR) is 154 cm³/mol. The minimum Gasteiger partial charge on any atom is -0.481 e. The molecular weight excluding hydrogens is 584 g/mol. The number of hydrogen-bond donors (Lipinski definition) is 7. The quantitative estimate of drug-likeness (QED) is 0.0550. The van der Waals surface area contributed by atoms with Crippen LogP contribution >= 0.6 is 0 Å². The van der Waals surface area contributed by atoms with Crippen LogP contribution in [0.2, 0.25) is 0 Å². The summed E-state index contributed by atoms with van der Waals surface area (Å²) in [5, 5.41) is 70.3. The first kappa shape index (κ1) is 38.5. The first-order chi connectivity index (χ1) is 21.0. The second-order valence-electron chi connectivity index (χ2n) is 11.5. The Hall–Kier alpha value is -1.72. The van der Waals surface area contributed by atoms with Crippen molar-refractivity contribution in [3.8, 4) is 0 Å². The van der Waals surface area contributed by atoms with Crippen molar-refractivity contribution in [2.75, 3.05) is 13.2 Å². The van der Waals surface area contributed by atoms with Crippen LogP contribution in [0.3, 0.4) is 0 Å². The fourth-order valence-corrected chi connectivity index (χ4v) is 5.13. The number of carboxylic acid groups (broad SMARTS) is 1. The first-order valence-corrected chi connectivity index (χ1v) is 15.6. The van der Waals surface area contributed by atoms with Gasteiger partial charge < -0.3 is 59.4 Å². The molecule has 0 radical (unpaired) electrons. The lowest BCUT2D eigenvalue weighted by Gasteiger charge is -2.46. The highest BCUT2D eigenvalue weighted by Crippen LogP contribution is 2.31. The molecule has 0 bridgehead atoms. The molecule has 7 N–H and O–H groups in total. The Balaban J connectivity index is 1.86. The Morgan fingerprint density at radius 2 is 1.36 bits per heavy atom. The standard InChI is InChI=1S/C30H52O14/c1-18(14-12-10-8-6-4-3-5-7-9-11-13-15-22(33)34)41-30-28(26(38)24(36)21(43-30)17-40-19(2)32)44-29-27(39)25(37)23(35)20(16-31)42-29/h4,6,18,20-21,23-31,35-39H,3,5,7-17H2,1-2H3,(H,33,34)/b6-4-. The van der Waals surface area contributed by atoms with Gasteiger partial charge in [-0.3, -0.25) is 9.59 Å². The molecule has 2 saturated heterocycles. The molecule has 256 valence electrons. The number of carbonyl (C=O) groups is 2. The highest BCUT2D eigenvalue weighted by molar-refractivity contribution is 5.66. The van der Waals surface area contributed by atoms with Crippen molar-refractivity contribution in [2.45, 2.75) is 152 Å². The van der Waals surface area contributed by atoms with Crippen LogP contribution < -0.4 is 0 Å². The summed E-state index contributed by atoms with van der Waals surface area (Å²) in [7, 11) is 0. The van der Waals surface area contributed by atoms with Crippen molar-refractivity contribution in [3.05, 3.63) is 12.2 Å². The summed E-state index contributed by atoms with van der Waals surface area (Å²) < 4.78 is 28.0. The largest absolute Gasteiger partial charge is 0.481 e. The Morgan fingerprint density at radius 1 is 0.773 bits per heavy atom. The Kier molecular flexibility index (Phi) is 17.8. The molecule has 0 amide bonds. The highest BCUT2D eigenvalue weighted by Gasteiger charge is 2.51. The van der Waals surface area contributed by atoms with E-state index < -0.39 is 80.0 Å². The van der Waals surface area contributed by atoms with E-state index in [2.05, 4.69) is 12.2 Å². The first-order valence-electron chi connectivity index (χ1n) is 15.6. The van der Waals surface area contributed by atoms with Crippen molar-refractivity contribution in [2.24, 2.45) is 0 Å². The molecule has 0 saturated carbocycles. The third kappa shape index (κ3) is 12.9. The lowest BCUT2D eigenvalue weighted by Crippen LogP contribution is -2.65. The predicted octanol–water partition coefficient (Wildman–Crippen LogP) is 0.518. The summed E-state index contributed by atoms with van der Waals surface area (Å²) in [6, 6.07) is 0. The summed E-state index contributed by atoms with van der Waals surface area (Å²) >= 11 is 0. The Labute approximate surface area is 258 Å². The Morgan fingerprint density at radius 3 is 2.00 bits per heavy atom. The van der Waals surface area contributed by atoms with Gasteiger partial charge in [-0.25, -0.2) is 0 Å². The molecule has 2 aliphatic heterocycles. The molecule has 14 heteroatoms. The van der Waals surface area contributed by atoms with Gasteiger partial charge in [0.25, 0.3) is 0 Å². The summed E-state index contributed by atoms with van der Waals surface area (Å²) in [5.41, 5.74) is 0. The van der Waals surface area contributed by atoms with Crippen LogP contribution in [0.1, 0.15) is 84.5 Å². The third-order valence-electron chi connectivity index (χ3n) is 7.76. The van der Waals surface area contributed by atoms with E-state index in [1.54, 1.807) is 6.92 Å². The molecular formula is C30H52O14. The van der Waals surface area contributed by atoms with Crippen LogP contribution in [0.15, 0.2) is 12.2 Å². The molecule has 44 heavy (non-hydrogen) atoms. The van der Waals surface area contributed by atoms with E-state index in [1.807, 2.05) is 0 Å². The summed E-state index contributed by atoms with van der Waals surface area (Å²) in [6.07, 6.45) is -1.73. The van der Waals surface area contributed by atoms with E-state index >= 15 is 0 Å². The van der Waals surface area contributed by atoms with E-state index in [0.717, 1.165) is 57.8 Å². The number of esters is 1. The molecule has 0 aromatic heterocycles. The van der Waals surface area contributed by atoms with Gasteiger partial charge in [0.05, 0.1) is 12.7 Å². The molecule has 2 aliphatic rings. The SMILES string of the molecule is CC(=O)OCC1OC(OC(C)CCCC/C=C\CCCCCCCC(=O)O)C(OC2OC(CO)C(O)C(O)C2O)C(O)C1O. The van der Waals surface area contributed by atoms with Gasteiger partial charge in [-0.05, 0) is 45.4 Å². The average molecular weight is 637 g/mol. The van der Waals surface area contributed by atoms with E-state index in [9.17, 15) is 40.2 Å². The van der Waals surface area contributed by atoms with E-state index in [-0.39, 0.29) is 19.1 Å². The molecule has 0 spiro atoms. The van der Waals surface area contributed by atoms with Gasteiger partial charge in [0.1, 0.15) is 55.4 Å². The molecule has 14 nitrogen and oxygen atoms in total. The van der Waals surface area contributed by atoms with E-state index in [4.69, 9.17) is 28.8 Å². The second kappa shape index (κ2) is 20.4. The van der Waals surface area contributed by atoms with Crippen molar-refractivity contribution in [1.82, 2.24) is 0 Å². The second-order valence-corrected chi connectivity index (χ2v) is 11.5. The van der Waals surface area contributed by atoms with Gasteiger partial charge >= 0.3 is 11.9 Å². The number of rotatable bonds is 20. The number of aliphatic hydroxyl groups is 6. The number of aliphatic hydroxyl groups excluding tert-OH is 6. The number of aliphatic carboxylic acids is 1. The van der Waals surface area contributed by atoms with Crippen LogP contribution in [-0.4, -0.2) is 128 Å². The topological polar surface area (TPSA) is 222 Å². The highest BCUT2D eigenvalue weighted by atomic mass is 16.8. The van der Waals surface area contributed by atoms with Crippen LogP contribution in [-0.2, 0) is 33.3 Å². The molecule has 0 aliphatic carbocycles. The zero-order valence-electron chi connectivity index (χ0n) is 25.7. The average Bonchev–Trinajstić information content (AvgIpc) is 2.98. The summed E-state index contributed by atoms with van der Waals surface area (Å²) in [5.74, 6) is -1.35. The van der Waals surface area contributed by atoms with Crippen LogP contribution in [0.4, 0.5) is 0 Å². The molecule has 2 heterocycles. The van der Waals surface area contributed by atoms with Crippen molar-refractivity contribution < 1.29 is 69.0 Å². The summed E-state index contributed by atoms with van der Waals surface area (Å²) in [6.45, 7) is 1.96. The number of ether oxygens (including phenoxy) is 5. The number of carboxylic acids is 1. The van der Waals surface area contributed by atoms with Gasteiger partial charge in [0.15, 0.2) is 12.6 Å². The van der Waals surface area contributed by atoms with E-state index in [1.165, 1.54) is 6.92 Å². The zero-order valence-corrected chi connectivity index (χ0v) is 25.7. The monoisotopic (exact) mass is 636 g/mol. The molecule has 0 aromatic carbocycles. The third-order valence-corrected chi connectivity index (χ3v) is 7.76. The van der Waals surface area contributed by atoms with E-state index in [0.29, 0.717) is 6.42 Å². The molecule has 11 unspecified atom stereocenters. The van der Waals surface area contributed by atoms with Gasteiger partial charge in [0, 0.05) is 13.3 Å². The molecule has 2 fully saturated rings. The maximum absolute atomic E-state index is 11.3.